The van der Waals surface area contributed by atoms with Crippen molar-refractivity contribution >= 4 is 12.6 Å². The Hall–Kier alpha value is -0.460. The van der Waals surface area contributed by atoms with Crippen molar-refractivity contribution in [2.24, 2.45) is 0 Å². The van der Waals surface area contributed by atoms with Gasteiger partial charge in [-0.2, -0.15) is 17.9 Å². The normalized spacial score (nSPS) is 8.00. The molecule has 0 saturated heterocycles. The standard InChI is InChI=1S/C5H7NOS/c1-5(2-6)3-7-4-8/h8H,1,3-4H2. The highest BCUT2D eigenvalue weighted by molar-refractivity contribution is 7.80. The molecule has 0 radical (unpaired) electrons. The molecule has 0 amide bonds. The second-order valence-electron chi connectivity index (χ2n) is 1.19. The maximum absolute atomic E-state index is 8.11. The van der Waals surface area contributed by atoms with Gasteiger partial charge in [0.1, 0.15) is 0 Å². The van der Waals surface area contributed by atoms with Crippen LogP contribution in [-0.4, -0.2) is 12.5 Å². The quantitative estimate of drug-likeness (QED) is 0.350. The van der Waals surface area contributed by atoms with Crippen LogP contribution in [0.3, 0.4) is 0 Å². The monoisotopic (exact) mass is 129 g/mol. The summed E-state index contributed by atoms with van der Waals surface area (Å²) in [6.45, 7) is 3.68. The summed E-state index contributed by atoms with van der Waals surface area (Å²) in [6, 6.07) is 1.85. The molecule has 0 rings (SSSR count). The molecule has 0 heterocycles. The summed E-state index contributed by atoms with van der Waals surface area (Å²) in [6.07, 6.45) is 0. The smallest absolute Gasteiger partial charge is 0.0965 e. The molecule has 44 valence electrons. The minimum absolute atomic E-state index is 0.292. The van der Waals surface area contributed by atoms with Crippen molar-refractivity contribution in [1.82, 2.24) is 0 Å². The molecule has 0 aliphatic heterocycles. The number of hydrogen-bond donors (Lipinski definition) is 1. The molecule has 0 aromatic carbocycles. The van der Waals surface area contributed by atoms with Crippen LogP contribution in [0.1, 0.15) is 0 Å². The van der Waals surface area contributed by atoms with Crippen LogP contribution in [0.15, 0.2) is 12.2 Å². The Labute approximate surface area is 54.2 Å². The van der Waals surface area contributed by atoms with Gasteiger partial charge in [0.15, 0.2) is 0 Å². The Morgan fingerprint density at radius 1 is 1.88 bits per heavy atom. The lowest BCUT2D eigenvalue weighted by Gasteiger charge is -1.93. The molecule has 0 N–H and O–H groups in total. The first-order valence-corrected chi connectivity index (χ1v) is 2.71. The van der Waals surface area contributed by atoms with E-state index in [2.05, 4.69) is 19.2 Å². The Morgan fingerprint density at radius 2 is 2.50 bits per heavy atom. The van der Waals surface area contributed by atoms with Crippen molar-refractivity contribution in [1.29, 1.82) is 5.26 Å². The van der Waals surface area contributed by atoms with E-state index < -0.39 is 0 Å². The van der Waals surface area contributed by atoms with Gasteiger partial charge in [-0.25, -0.2) is 0 Å². The third-order valence-electron chi connectivity index (χ3n) is 0.526. The van der Waals surface area contributed by atoms with Crippen molar-refractivity contribution in [3.8, 4) is 6.07 Å². The maximum Gasteiger partial charge on any atom is 0.0965 e. The molecule has 3 heteroatoms. The van der Waals surface area contributed by atoms with Gasteiger partial charge in [0.25, 0.3) is 0 Å². The average molecular weight is 129 g/mol. The van der Waals surface area contributed by atoms with Crippen LogP contribution < -0.4 is 0 Å². The van der Waals surface area contributed by atoms with E-state index in [9.17, 15) is 0 Å². The highest BCUT2D eigenvalue weighted by Crippen LogP contribution is 1.88. The summed E-state index contributed by atoms with van der Waals surface area (Å²) in [5, 5.41) is 8.11. The summed E-state index contributed by atoms with van der Waals surface area (Å²) < 4.78 is 4.73. The Morgan fingerprint density at radius 3 is 2.88 bits per heavy atom. The van der Waals surface area contributed by atoms with Crippen LogP contribution >= 0.6 is 12.6 Å². The van der Waals surface area contributed by atoms with Crippen molar-refractivity contribution in [2.45, 2.75) is 0 Å². The molecule has 0 aliphatic rings. The van der Waals surface area contributed by atoms with Crippen molar-refractivity contribution in [3.63, 3.8) is 0 Å². The van der Waals surface area contributed by atoms with E-state index in [1.165, 1.54) is 0 Å². The summed E-state index contributed by atoms with van der Waals surface area (Å²) in [5.41, 5.74) is 0.430. The second-order valence-corrected chi connectivity index (χ2v) is 1.45. The molecule has 0 fully saturated rings. The van der Waals surface area contributed by atoms with Gasteiger partial charge in [-0.1, -0.05) is 6.58 Å². The molecule has 0 atom stereocenters. The van der Waals surface area contributed by atoms with Crippen LogP contribution in [0.25, 0.3) is 0 Å². The third kappa shape index (κ3) is 3.72. The lowest BCUT2D eigenvalue weighted by Crippen LogP contribution is -1.91. The van der Waals surface area contributed by atoms with E-state index in [0.29, 0.717) is 18.1 Å². The first-order valence-electron chi connectivity index (χ1n) is 2.07. The molecule has 0 unspecified atom stereocenters. The third-order valence-corrected chi connectivity index (χ3v) is 0.708. The van der Waals surface area contributed by atoms with Crippen LogP contribution in [0.5, 0.6) is 0 Å². The van der Waals surface area contributed by atoms with Gasteiger partial charge in [0, 0.05) is 5.57 Å². The van der Waals surface area contributed by atoms with E-state index >= 15 is 0 Å². The van der Waals surface area contributed by atoms with E-state index in [4.69, 9.17) is 10.00 Å². The number of hydrogen-bond acceptors (Lipinski definition) is 3. The summed E-state index contributed by atoms with van der Waals surface area (Å²) in [7, 11) is 0. The Bertz CT molecular complexity index is 116. The fourth-order valence-corrected chi connectivity index (χ4v) is 0.292. The molecule has 0 spiro atoms. The average Bonchev–Trinajstić information content (AvgIpc) is 1.83. The molecule has 0 saturated carbocycles. The van der Waals surface area contributed by atoms with Crippen LogP contribution in [0.4, 0.5) is 0 Å². The van der Waals surface area contributed by atoms with Gasteiger partial charge in [0.2, 0.25) is 0 Å². The van der Waals surface area contributed by atoms with Crippen LogP contribution in [0, 0.1) is 11.3 Å². The van der Waals surface area contributed by atoms with Crippen molar-refractivity contribution < 1.29 is 4.74 Å². The lowest BCUT2D eigenvalue weighted by atomic mass is 10.4. The molecule has 8 heavy (non-hydrogen) atoms. The summed E-state index contributed by atoms with van der Waals surface area (Å²) in [4.78, 5) is 0. The molecule has 0 aromatic heterocycles. The van der Waals surface area contributed by atoms with Gasteiger partial charge >= 0.3 is 0 Å². The van der Waals surface area contributed by atoms with Gasteiger partial charge < -0.3 is 4.74 Å². The molecule has 0 aromatic rings. The summed E-state index contributed by atoms with van der Waals surface area (Å²) in [5.74, 6) is 0.334. The highest BCUT2D eigenvalue weighted by Gasteiger charge is 1.86. The fourth-order valence-electron chi connectivity index (χ4n) is 0.201. The first kappa shape index (κ1) is 7.54. The van der Waals surface area contributed by atoms with Crippen LogP contribution in [-0.2, 0) is 4.74 Å². The Balaban J connectivity index is 3.16. The van der Waals surface area contributed by atoms with Gasteiger partial charge in [-0.05, 0) is 0 Å². The predicted molar refractivity (Wildman–Crippen MR) is 34.6 cm³/mol. The predicted octanol–water partition coefficient (Wildman–Crippen LogP) is 0.970. The van der Waals surface area contributed by atoms with Crippen molar-refractivity contribution in [2.75, 3.05) is 12.5 Å². The van der Waals surface area contributed by atoms with Gasteiger partial charge in [-0.15, -0.1) is 0 Å². The molecule has 2 nitrogen and oxygen atoms in total. The molecule has 0 bridgehead atoms. The molecular formula is C5H7NOS. The number of ether oxygens (including phenoxy) is 1. The minimum atomic E-state index is 0.292. The molecular weight excluding hydrogens is 122 g/mol. The number of rotatable bonds is 3. The zero-order chi connectivity index (χ0) is 6.41. The molecule has 0 aliphatic carbocycles. The lowest BCUT2D eigenvalue weighted by molar-refractivity contribution is 0.213. The van der Waals surface area contributed by atoms with Gasteiger partial charge in [0.05, 0.1) is 18.6 Å². The highest BCUT2D eigenvalue weighted by atomic mass is 32.1. The first-order chi connectivity index (χ1) is 3.81. The maximum atomic E-state index is 8.11. The topological polar surface area (TPSA) is 33.0 Å². The Kier molecular flexibility index (Phi) is 4.42. The largest absolute Gasteiger partial charge is 0.366 e. The second kappa shape index (κ2) is 4.69. The van der Waals surface area contributed by atoms with Crippen molar-refractivity contribution in [3.05, 3.63) is 12.2 Å². The summed E-state index contributed by atoms with van der Waals surface area (Å²) >= 11 is 3.76. The van der Waals surface area contributed by atoms with E-state index in [0.717, 1.165) is 0 Å². The van der Waals surface area contributed by atoms with E-state index in [1.54, 1.807) is 0 Å². The SMILES string of the molecule is C=C(C#N)COCS. The number of nitrogens with zero attached hydrogens (tertiary/aromatic N) is 1. The zero-order valence-electron chi connectivity index (χ0n) is 4.42. The fraction of sp³-hybridized carbons (Fsp3) is 0.400. The number of thiol groups is 1. The van der Waals surface area contributed by atoms with Crippen LogP contribution in [0.2, 0.25) is 0 Å². The minimum Gasteiger partial charge on any atom is -0.366 e. The van der Waals surface area contributed by atoms with E-state index in [-0.39, 0.29) is 0 Å². The number of nitriles is 1. The van der Waals surface area contributed by atoms with Gasteiger partial charge in [-0.3, -0.25) is 0 Å². The van der Waals surface area contributed by atoms with E-state index in [1.807, 2.05) is 6.07 Å². The zero-order valence-corrected chi connectivity index (χ0v) is 5.32.